The van der Waals surface area contributed by atoms with Crippen LogP contribution in [0.1, 0.15) is 25.8 Å². The monoisotopic (exact) mass is 252 g/mol. The molecular formula is C12H13ClN2O2. The largest absolute Gasteiger partial charge is 0.274 e. The van der Waals surface area contributed by atoms with Crippen molar-refractivity contribution in [3.63, 3.8) is 0 Å². The Labute approximate surface area is 105 Å². The molecule has 0 aliphatic heterocycles. The molecule has 0 saturated carbocycles. The Morgan fingerprint density at radius 3 is 2.71 bits per heavy atom. The van der Waals surface area contributed by atoms with Gasteiger partial charge in [0.15, 0.2) is 0 Å². The Bertz CT molecular complexity index is 482. The molecule has 0 radical (unpaired) electrons. The maximum Gasteiger partial charge on any atom is 0.274 e. The van der Waals surface area contributed by atoms with E-state index in [1.807, 2.05) is 6.92 Å². The van der Waals surface area contributed by atoms with Gasteiger partial charge in [-0.25, -0.2) is 0 Å². The van der Waals surface area contributed by atoms with Crippen molar-refractivity contribution in [3.05, 3.63) is 38.9 Å². The molecule has 0 aromatic heterocycles. The van der Waals surface area contributed by atoms with Crippen molar-refractivity contribution in [1.29, 1.82) is 5.26 Å². The molecule has 0 amide bonds. The van der Waals surface area contributed by atoms with Gasteiger partial charge < -0.3 is 0 Å². The number of nitriles is 1. The van der Waals surface area contributed by atoms with Crippen LogP contribution < -0.4 is 0 Å². The van der Waals surface area contributed by atoms with Crippen LogP contribution in [0.25, 0.3) is 0 Å². The minimum absolute atomic E-state index is 0.0209. The van der Waals surface area contributed by atoms with E-state index < -0.39 is 10.3 Å². The molecule has 0 spiro atoms. The molecule has 0 aliphatic rings. The Balaban J connectivity index is 3.15. The summed E-state index contributed by atoms with van der Waals surface area (Å²) in [7, 11) is 0. The summed E-state index contributed by atoms with van der Waals surface area (Å²) >= 11 is 5.73. The number of nitro benzene ring substituents is 1. The lowest BCUT2D eigenvalue weighted by molar-refractivity contribution is -0.385. The summed E-state index contributed by atoms with van der Waals surface area (Å²) in [6.45, 7) is 3.69. The predicted molar refractivity (Wildman–Crippen MR) is 65.8 cm³/mol. The number of nitrogens with zero attached hydrogens (tertiary/aromatic N) is 2. The molecule has 1 aromatic carbocycles. The van der Waals surface area contributed by atoms with Crippen molar-refractivity contribution in [1.82, 2.24) is 0 Å². The first-order valence-electron chi connectivity index (χ1n) is 5.26. The fourth-order valence-electron chi connectivity index (χ4n) is 1.52. The number of halogens is 1. The third-order valence-corrected chi connectivity index (χ3v) is 3.11. The number of hydrogen-bond donors (Lipinski definition) is 0. The van der Waals surface area contributed by atoms with Crippen molar-refractivity contribution in [2.45, 2.75) is 26.7 Å². The quantitative estimate of drug-likeness (QED) is 0.606. The van der Waals surface area contributed by atoms with Gasteiger partial charge in [-0.2, -0.15) is 5.26 Å². The smallest absolute Gasteiger partial charge is 0.258 e. The zero-order valence-electron chi connectivity index (χ0n) is 9.74. The van der Waals surface area contributed by atoms with Crippen molar-refractivity contribution in [3.8, 4) is 6.07 Å². The fraction of sp³-hybridized carbons (Fsp3) is 0.417. The zero-order chi connectivity index (χ0) is 13.1. The van der Waals surface area contributed by atoms with E-state index in [2.05, 4.69) is 6.07 Å². The fourth-order valence-corrected chi connectivity index (χ4v) is 1.69. The summed E-state index contributed by atoms with van der Waals surface area (Å²) in [6, 6.07) is 6.75. The predicted octanol–water partition coefficient (Wildman–Crippen LogP) is 3.73. The van der Waals surface area contributed by atoms with E-state index in [0.717, 1.165) is 0 Å². The first-order valence-corrected chi connectivity index (χ1v) is 5.64. The SMILES string of the molecule is CCC(C)(C#N)Cc1ccc(Cl)cc1[N+](=O)[O-]. The van der Waals surface area contributed by atoms with E-state index in [1.165, 1.54) is 6.07 Å². The first kappa shape index (κ1) is 13.5. The van der Waals surface area contributed by atoms with Crippen molar-refractivity contribution < 1.29 is 4.92 Å². The van der Waals surface area contributed by atoms with E-state index >= 15 is 0 Å². The molecule has 0 saturated heterocycles. The van der Waals surface area contributed by atoms with Crippen molar-refractivity contribution >= 4 is 17.3 Å². The van der Waals surface area contributed by atoms with E-state index in [0.29, 0.717) is 23.4 Å². The number of nitro groups is 1. The Kier molecular flexibility index (Phi) is 4.08. The standard InChI is InChI=1S/C12H13ClN2O2/c1-3-12(2,8-14)7-9-4-5-10(13)6-11(9)15(16)17/h4-6H,3,7H2,1-2H3. The Morgan fingerprint density at radius 2 is 2.24 bits per heavy atom. The number of hydrogen-bond acceptors (Lipinski definition) is 3. The highest BCUT2D eigenvalue weighted by atomic mass is 35.5. The summed E-state index contributed by atoms with van der Waals surface area (Å²) in [5.74, 6) is 0. The Morgan fingerprint density at radius 1 is 1.59 bits per heavy atom. The molecule has 90 valence electrons. The molecule has 17 heavy (non-hydrogen) atoms. The van der Waals surface area contributed by atoms with E-state index in [9.17, 15) is 10.1 Å². The van der Waals surface area contributed by atoms with Gasteiger partial charge in [-0.3, -0.25) is 10.1 Å². The highest BCUT2D eigenvalue weighted by Crippen LogP contribution is 2.31. The number of rotatable bonds is 4. The van der Waals surface area contributed by atoms with Crippen LogP contribution in [0.3, 0.4) is 0 Å². The summed E-state index contributed by atoms with van der Waals surface area (Å²) in [5, 5.41) is 20.3. The van der Waals surface area contributed by atoms with Gasteiger partial charge in [0.2, 0.25) is 0 Å². The minimum atomic E-state index is -0.585. The van der Waals surface area contributed by atoms with Crippen LogP contribution in [0.4, 0.5) is 5.69 Å². The van der Waals surface area contributed by atoms with Gasteiger partial charge in [-0.05, 0) is 25.8 Å². The molecule has 0 N–H and O–H groups in total. The van der Waals surface area contributed by atoms with Gasteiger partial charge in [-0.15, -0.1) is 0 Å². The molecule has 0 aliphatic carbocycles. The van der Waals surface area contributed by atoms with Crippen LogP contribution in [0.15, 0.2) is 18.2 Å². The van der Waals surface area contributed by atoms with Crippen molar-refractivity contribution in [2.75, 3.05) is 0 Å². The molecule has 0 heterocycles. The second kappa shape index (κ2) is 5.15. The molecule has 1 unspecified atom stereocenters. The third-order valence-electron chi connectivity index (χ3n) is 2.87. The van der Waals surface area contributed by atoms with Gasteiger partial charge in [0.05, 0.1) is 16.4 Å². The lowest BCUT2D eigenvalue weighted by Crippen LogP contribution is -2.16. The van der Waals surface area contributed by atoms with E-state index in [4.69, 9.17) is 16.9 Å². The molecule has 5 heteroatoms. The normalized spacial score (nSPS) is 13.8. The average molecular weight is 253 g/mol. The first-order chi connectivity index (χ1) is 7.91. The van der Waals surface area contributed by atoms with E-state index in [-0.39, 0.29) is 5.69 Å². The van der Waals surface area contributed by atoms with Crippen LogP contribution >= 0.6 is 11.6 Å². The zero-order valence-corrected chi connectivity index (χ0v) is 10.5. The van der Waals surface area contributed by atoms with Gasteiger partial charge in [0.25, 0.3) is 5.69 Å². The summed E-state index contributed by atoms with van der Waals surface area (Å²) < 4.78 is 0. The molecule has 1 rings (SSSR count). The molecular weight excluding hydrogens is 240 g/mol. The molecule has 0 bridgehead atoms. The van der Waals surface area contributed by atoms with Crippen LogP contribution in [-0.2, 0) is 6.42 Å². The van der Waals surface area contributed by atoms with Gasteiger partial charge in [-0.1, -0.05) is 24.6 Å². The van der Waals surface area contributed by atoms with Gasteiger partial charge in [0, 0.05) is 16.7 Å². The van der Waals surface area contributed by atoms with Gasteiger partial charge >= 0.3 is 0 Å². The van der Waals surface area contributed by atoms with Crippen molar-refractivity contribution in [2.24, 2.45) is 5.41 Å². The van der Waals surface area contributed by atoms with Crippen LogP contribution in [-0.4, -0.2) is 4.92 Å². The number of benzene rings is 1. The van der Waals surface area contributed by atoms with Gasteiger partial charge in [0.1, 0.15) is 0 Å². The highest BCUT2D eigenvalue weighted by Gasteiger charge is 2.26. The Hall–Kier alpha value is -1.60. The van der Waals surface area contributed by atoms with Crippen LogP contribution in [0.5, 0.6) is 0 Å². The van der Waals surface area contributed by atoms with Crippen LogP contribution in [0.2, 0.25) is 5.02 Å². The molecule has 1 aromatic rings. The minimum Gasteiger partial charge on any atom is -0.258 e. The molecule has 1 atom stereocenters. The maximum absolute atomic E-state index is 10.9. The second-order valence-electron chi connectivity index (χ2n) is 4.23. The summed E-state index contributed by atoms with van der Waals surface area (Å²) in [4.78, 5) is 10.4. The van der Waals surface area contributed by atoms with E-state index in [1.54, 1.807) is 19.1 Å². The molecule has 4 nitrogen and oxygen atoms in total. The summed E-state index contributed by atoms with van der Waals surface area (Å²) in [6.07, 6.45) is 0.997. The third kappa shape index (κ3) is 3.18. The molecule has 0 fully saturated rings. The highest BCUT2D eigenvalue weighted by molar-refractivity contribution is 6.30. The second-order valence-corrected chi connectivity index (χ2v) is 4.67. The lowest BCUT2D eigenvalue weighted by atomic mass is 9.82. The average Bonchev–Trinajstić information content (AvgIpc) is 2.31. The lowest BCUT2D eigenvalue weighted by Gasteiger charge is -2.19. The topological polar surface area (TPSA) is 66.9 Å². The summed E-state index contributed by atoms with van der Waals surface area (Å²) in [5.41, 5.74) is -0.0591. The maximum atomic E-state index is 10.9. The van der Waals surface area contributed by atoms with Crippen LogP contribution in [0, 0.1) is 26.9 Å².